The number of benzene rings is 3. The van der Waals surface area contributed by atoms with Gasteiger partial charge in [0.2, 0.25) is 5.76 Å². The molecule has 0 fully saturated rings. The quantitative estimate of drug-likeness (QED) is 0.440. The molecule has 35 heavy (non-hydrogen) atoms. The number of carbonyl (C=O) groups excluding carboxylic acids is 2. The Kier molecular flexibility index (Phi) is 5.66. The van der Waals surface area contributed by atoms with Gasteiger partial charge in [0, 0.05) is 0 Å². The summed E-state index contributed by atoms with van der Waals surface area (Å²) >= 11 is 0. The highest BCUT2D eigenvalue weighted by atomic mass is 19.1. The van der Waals surface area contributed by atoms with Gasteiger partial charge in [0.15, 0.2) is 5.43 Å². The fraction of sp³-hybridized carbons (Fsp3) is 0.148. The Balaban J connectivity index is 1.66. The molecule has 1 N–H and O–H groups in total. The van der Waals surface area contributed by atoms with E-state index in [-0.39, 0.29) is 28.8 Å². The number of β-amino-alcohol motifs (C(OH)–C–C–N with tert-alkyl or cyclic N) is 1. The summed E-state index contributed by atoms with van der Waals surface area (Å²) in [6.07, 6.45) is -1.03. The van der Waals surface area contributed by atoms with E-state index in [0.29, 0.717) is 16.7 Å². The average Bonchev–Trinajstić information content (AvgIpc) is 3.16. The minimum atomic E-state index is -1.03. The van der Waals surface area contributed by atoms with Gasteiger partial charge in [-0.3, -0.25) is 9.59 Å². The standard InChI is InChI=1S/C27H20FNO6/c1-34-27(33)17-9-7-16(8-10-17)23-22-24(31)19-13-18(28)11-12-21(19)35-25(22)26(32)29(23)14-20(30)15-5-3-2-4-6-15/h2-13,20,23,30H,14H2,1H3. The van der Waals surface area contributed by atoms with Crippen LogP contribution in [0.1, 0.15) is 49.7 Å². The predicted octanol–water partition coefficient (Wildman–Crippen LogP) is 4.00. The molecule has 0 spiro atoms. The van der Waals surface area contributed by atoms with Gasteiger partial charge < -0.3 is 19.2 Å². The first kappa shape index (κ1) is 22.5. The van der Waals surface area contributed by atoms with Crippen LogP contribution in [0.5, 0.6) is 0 Å². The second kappa shape index (κ2) is 8.81. The van der Waals surface area contributed by atoms with Crippen LogP contribution in [0.3, 0.4) is 0 Å². The Morgan fingerprint density at radius 2 is 1.80 bits per heavy atom. The number of aliphatic hydroxyl groups excluding tert-OH is 1. The van der Waals surface area contributed by atoms with Gasteiger partial charge in [-0.25, -0.2) is 9.18 Å². The number of aliphatic hydroxyl groups is 1. The van der Waals surface area contributed by atoms with E-state index in [1.165, 1.54) is 30.2 Å². The Labute approximate surface area is 199 Å². The van der Waals surface area contributed by atoms with Crippen molar-refractivity contribution in [3.05, 3.63) is 117 Å². The summed E-state index contributed by atoms with van der Waals surface area (Å²) in [5.74, 6) is -1.86. The Morgan fingerprint density at radius 1 is 1.09 bits per heavy atom. The van der Waals surface area contributed by atoms with Crippen molar-refractivity contribution in [3.8, 4) is 0 Å². The lowest BCUT2D eigenvalue weighted by Crippen LogP contribution is -2.33. The van der Waals surface area contributed by atoms with E-state index in [2.05, 4.69) is 0 Å². The predicted molar refractivity (Wildman–Crippen MR) is 125 cm³/mol. The summed E-state index contributed by atoms with van der Waals surface area (Å²) in [6, 6.07) is 17.7. The Hall–Kier alpha value is -4.30. The smallest absolute Gasteiger partial charge is 0.337 e. The number of hydrogen-bond donors (Lipinski definition) is 1. The molecule has 1 amide bonds. The molecule has 0 bridgehead atoms. The summed E-state index contributed by atoms with van der Waals surface area (Å²) in [7, 11) is 1.27. The van der Waals surface area contributed by atoms with Gasteiger partial charge in [-0.2, -0.15) is 0 Å². The van der Waals surface area contributed by atoms with Crippen LogP contribution >= 0.6 is 0 Å². The SMILES string of the molecule is COC(=O)c1ccc(C2c3c(oc4ccc(F)cc4c3=O)C(=O)N2CC(O)c2ccccc2)cc1. The van der Waals surface area contributed by atoms with Crippen LogP contribution in [0.25, 0.3) is 11.0 Å². The first-order valence-electron chi connectivity index (χ1n) is 10.9. The molecular weight excluding hydrogens is 453 g/mol. The van der Waals surface area contributed by atoms with E-state index in [0.717, 1.165) is 12.1 Å². The fourth-order valence-electron chi connectivity index (χ4n) is 4.41. The minimum Gasteiger partial charge on any atom is -0.465 e. The number of carbonyl (C=O) groups is 2. The number of nitrogens with zero attached hydrogens (tertiary/aromatic N) is 1. The minimum absolute atomic E-state index is 0.0122. The summed E-state index contributed by atoms with van der Waals surface area (Å²) in [4.78, 5) is 40.2. The van der Waals surface area contributed by atoms with Gasteiger partial charge in [-0.05, 0) is 41.5 Å². The van der Waals surface area contributed by atoms with Crippen LogP contribution < -0.4 is 5.43 Å². The molecule has 2 heterocycles. The number of hydrogen-bond acceptors (Lipinski definition) is 6. The van der Waals surface area contributed by atoms with Crippen molar-refractivity contribution in [1.29, 1.82) is 0 Å². The third-order valence-electron chi connectivity index (χ3n) is 6.13. The van der Waals surface area contributed by atoms with Crippen molar-refractivity contribution < 1.29 is 28.2 Å². The molecule has 1 aromatic heterocycles. The fourth-order valence-corrected chi connectivity index (χ4v) is 4.41. The van der Waals surface area contributed by atoms with Crippen LogP contribution in [0.4, 0.5) is 4.39 Å². The second-order valence-electron chi connectivity index (χ2n) is 8.21. The van der Waals surface area contributed by atoms with Crippen LogP contribution in [-0.4, -0.2) is 35.5 Å². The van der Waals surface area contributed by atoms with Crippen molar-refractivity contribution in [2.45, 2.75) is 12.1 Å². The van der Waals surface area contributed by atoms with E-state index in [1.807, 2.05) is 6.07 Å². The highest BCUT2D eigenvalue weighted by molar-refractivity contribution is 5.99. The third kappa shape index (κ3) is 3.87. The van der Waals surface area contributed by atoms with Gasteiger partial charge in [-0.15, -0.1) is 0 Å². The monoisotopic (exact) mass is 473 g/mol. The molecule has 8 heteroatoms. The highest BCUT2D eigenvalue weighted by Crippen LogP contribution is 2.39. The molecule has 2 atom stereocenters. The number of esters is 1. The Bertz CT molecular complexity index is 1500. The topological polar surface area (TPSA) is 97.0 Å². The zero-order valence-corrected chi connectivity index (χ0v) is 18.6. The highest BCUT2D eigenvalue weighted by Gasteiger charge is 2.43. The zero-order valence-electron chi connectivity index (χ0n) is 18.6. The number of methoxy groups -OCH3 is 1. The van der Waals surface area contributed by atoms with E-state index < -0.39 is 35.3 Å². The molecular formula is C27H20FNO6. The van der Waals surface area contributed by atoms with E-state index in [9.17, 15) is 23.9 Å². The van der Waals surface area contributed by atoms with Crippen molar-refractivity contribution in [2.24, 2.45) is 0 Å². The number of amides is 1. The van der Waals surface area contributed by atoms with Crippen LogP contribution in [0.2, 0.25) is 0 Å². The molecule has 1 aliphatic heterocycles. The van der Waals surface area contributed by atoms with E-state index >= 15 is 0 Å². The molecule has 0 saturated carbocycles. The summed E-state index contributed by atoms with van der Waals surface area (Å²) in [5.41, 5.74) is 1.03. The van der Waals surface area contributed by atoms with Crippen LogP contribution in [0.15, 0.2) is 82.0 Å². The number of halogens is 1. The maximum absolute atomic E-state index is 13.9. The third-order valence-corrected chi connectivity index (χ3v) is 6.13. The summed E-state index contributed by atoms with van der Waals surface area (Å²) < 4.78 is 24.4. The first-order chi connectivity index (χ1) is 16.9. The van der Waals surface area contributed by atoms with Crippen LogP contribution in [-0.2, 0) is 4.74 Å². The molecule has 2 unspecified atom stereocenters. The average molecular weight is 473 g/mol. The maximum atomic E-state index is 13.9. The zero-order chi connectivity index (χ0) is 24.7. The van der Waals surface area contributed by atoms with E-state index in [4.69, 9.17) is 9.15 Å². The Morgan fingerprint density at radius 3 is 2.49 bits per heavy atom. The molecule has 0 radical (unpaired) electrons. The van der Waals surface area contributed by atoms with Crippen molar-refractivity contribution in [3.63, 3.8) is 0 Å². The normalized spacial score (nSPS) is 15.8. The summed E-state index contributed by atoms with van der Waals surface area (Å²) in [6.45, 7) is -0.124. The number of rotatable bonds is 5. The van der Waals surface area contributed by atoms with Gasteiger partial charge in [0.25, 0.3) is 5.91 Å². The lowest BCUT2D eigenvalue weighted by atomic mass is 9.97. The first-order valence-corrected chi connectivity index (χ1v) is 10.9. The molecule has 0 aliphatic carbocycles. The second-order valence-corrected chi connectivity index (χ2v) is 8.21. The van der Waals surface area contributed by atoms with Gasteiger partial charge in [0.05, 0.1) is 42.3 Å². The molecule has 4 aromatic rings. The van der Waals surface area contributed by atoms with Crippen molar-refractivity contribution >= 4 is 22.8 Å². The number of fused-ring (bicyclic) bond motifs is 2. The number of ether oxygens (including phenoxy) is 1. The maximum Gasteiger partial charge on any atom is 0.337 e. The van der Waals surface area contributed by atoms with Gasteiger partial charge in [0.1, 0.15) is 11.4 Å². The van der Waals surface area contributed by atoms with Crippen molar-refractivity contribution in [1.82, 2.24) is 4.90 Å². The lowest BCUT2D eigenvalue weighted by molar-refractivity contribution is 0.0579. The lowest BCUT2D eigenvalue weighted by Gasteiger charge is -2.27. The molecule has 176 valence electrons. The van der Waals surface area contributed by atoms with Crippen LogP contribution in [0, 0.1) is 5.82 Å². The molecule has 7 nitrogen and oxygen atoms in total. The molecule has 1 aliphatic rings. The van der Waals surface area contributed by atoms with E-state index in [1.54, 1.807) is 36.4 Å². The molecule has 0 saturated heterocycles. The summed E-state index contributed by atoms with van der Waals surface area (Å²) in [5, 5.41) is 10.9. The molecule has 3 aromatic carbocycles. The van der Waals surface area contributed by atoms with Gasteiger partial charge in [-0.1, -0.05) is 42.5 Å². The van der Waals surface area contributed by atoms with Gasteiger partial charge >= 0.3 is 5.97 Å². The van der Waals surface area contributed by atoms with Crippen molar-refractivity contribution in [2.75, 3.05) is 13.7 Å². The largest absolute Gasteiger partial charge is 0.465 e. The molecule has 5 rings (SSSR count).